The van der Waals surface area contributed by atoms with E-state index in [1.165, 1.54) is 0 Å². The van der Waals surface area contributed by atoms with E-state index in [-0.39, 0.29) is 5.56 Å². The van der Waals surface area contributed by atoms with Crippen molar-refractivity contribution in [2.24, 2.45) is 0 Å². The first-order valence-electron chi connectivity index (χ1n) is 9.34. The topological polar surface area (TPSA) is 78.8 Å². The lowest BCUT2D eigenvalue weighted by Gasteiger charge is -2.10. The quantitative estimate of drug-likeness (QED) is 0.679. The lowest BCUT2D eigenvalue weighted by atomic mass is 9.97. The summed E-state index contributed by atoms with van der Waals surface area (Å²) >= 11 is 0. The molecule has 5 heteroatoms. The van der Waals surface area contributed by atoms with Gasteiger partial charge in [0.25, 0.3) is 5.56 Å². The van der Waals surface area contributed by atoms with Crippen LogP contribution in [0.3, 0.4) is 0 Å². The zero-order valence-electron chi connectivity index (χ0n) is 16.2. The zero-order chi connectivity index (χ0) is 19.9. The van der Waals surface area contributed by atoms with Crippen LogP contribution in [0.25, 0.3) is 11.1 Å². The van der Waals surface area contributed by atoms with Crippen molar-refractivity contribution >= 4 is 0 Å². The Hall–Kier alpha value is -3.23. The van der Waals surface area contributed by atoms with Crippen molar-refractivity contribution in [1.82, 2.24) is 9.97 Å². The number of H-pyrrole nitrogens is 1. The highest BCUT2D eigenvalue weighted by Gasteiger charge is 2.12. The molecule has 1 N–H and O–H groups in total. The van der Waals surface area contributed by atoms with Gasteiger partial charge in [0.05, 0.1) is 17.3 Å². The van der Waals surface area contributed by atoms with Gasteiger partial charge in [-0.2, -0.15) is 5.26 Å². The number of methoxy groups -OCH3 is 1. The molecule has 0 unspecified atom stereocenters. The maximum absolute atomic E-state index is 12.6. The largest absolute Gasteiger partial charge is 0.377 e. The van der Waals surface area contributed by atoms with Crippen molar-refractivity contribution in [1.29, 1.82) is 5.26 Å². The third kappa shape index (κ3) is 4.36. The van der Waals surface area contributed by atoms with E-state index in [1.54, 1.807) is 7.11 Å². The van der Waals surface area contributed by atoms with Crippen LogP contribution in [-0.4, -0.2) is 17.1 Å². The lowest BCUT2D eigenvalue weighted by molar-refractivity contribution is 0.177. The fourth-order valence-corrected chi connectivity index (χ4v) is 3.27. The predicted octanol–water partition coefficient (Wildman–Crippen LogP) is 4.00. The molecule has 142 valence electrons. The number of benzene rings is 2. The van der Waals surface area contributed by atoms with Gasteiger partial charge < -0.3 is 9.72 Å². The Balaban J connectivity index is 1.90. The van der Waals surface area contributed by atoms with Crippen LogP contribution in [0.5, 0.6) is 0 Å². The maximum atomic E-state index is 12.6. The number of hydrogen-bond acceptors (Lipinski definition) is 4. The second kappa shape index (κ2) is 9.12. The highest BCUT2D eigenvalue weighted by atomic mass is 16.5. The molecule has 3 rings (SSSR count). The molecule has 0 amide bonds. The van der Waals surface area contributed by atoms with Crippen molar-refractivity contribution in [3.63, 3.8) is 0 Å². The molecular formula is C23H23N3O2. The highest BCUT2D eigenvalue weighted by Crippen LogP contribution is 2.24. The molecule has 0 saturated heterocycles. The Kier molecular flexibility index (Phi) is 6.36. The number of aryl methyl sites for hydroxylation is 1. The normalized spacial score (nSPS) is 10.6. The summed E-state index contributed by atoms with van der Waals surface area (Å²) in [6, 6.07) is 17.8. The molecule has 2 aromatic carbocycles. The van der Waals surface area contributed by atoms with Crippen LogP contribution >= 0.6 is 0 Å². The van der Waals surface area contributed by atoms with Crippen LogP contribution in [0.1, 0.15) is 41.6 Å². The highest BCUT2D eigenvalue weighted by molar-refractivity contribution is 5.70. The second-order valence-corrected chi connectivity index (χ2v) is 6.65. The van der Waals surface area contributed by atoms with Gasteiger partial charge in [-0.15, -0.1) is 0 Å². The van der Waals surface area contributed by atoms with Gasteiger partial charge in [0.15, 0.2) is 0 Å². The van der Waals surface area contributed by atoms with Gasteiger partial charge in [0.2, 0.25) is 0 Å². The van der Waals surface area contributed by atoms with Crippen LogP contribution in [0.15, 0.2) is 53.3 Å². The molecule has 1 heterocycles. The van der Waals surface area contributed by atoms with Crippen LogP contribution in [-0.2, 0) is 24.2 Å². The Labute approximate surface area is 164 Å². The Morgan fingerprint density at radius 1 is 1.14 bits per heavy atom. The number of rotatable bonds is 7. The number of aromatic nitrogens is 2. The summed E-state index contributed by atoms with van der Waals surface area (Å²) in [5.74, 6) is 0.558. The minimum Gasteiger partial charge on any atom is -0.377 e. The minimum atomic E-state index is -0.107. The molecule has 0 saturated carbocycles. The van der Waals surface area contributed by atoms with Crippen molar-refractivity contribution in [3.05, 3.63) is 87.1 Å². The summed E-state index contributed by atoms with van der Waals surface area (Å²) in [7, 11) is 1.58. The summed E-state index contributed by atoms with van der Waals surface area (Å²) in [4.78, 5) is 20.0. The van der Waals surface area contributed by atoms with Gasteiger partial charge in [-0.05, 0) is 29.2 Å². The van der Waals surface area contributed by atoms with Crippen LogP contribution in [0.4, 0.5) is 0 Å². The van der Waals surface area contributed by atoms with Crippen LogP contribution in [0, 0.1) is 11.3 Å². The lowest BCUT2D eigenvalue weighted by Crippen LogP contribution is -2.21. The van der Waals surface area contributed by atoms with Gasteiger partial charge in [-0.1, -0.05) is 55.8 Å². The van der Waals surface area contributed by atoms with E-state index in [0.717, 1.165) is 35.2 Å². The molecule has 0 radical (unpaired) electrons. The number of hydrogen-bond donors (Lipinski definition) is 1. The molecule has 0 aliphatic carbocycles. The SMILES string of the molecule is CCCc1nc(COC)[nH]c(=O)c1Cc1ccc(-c2ccccc2C#N)cc1. The van der Waals surface area contributed by atoms with E-state index in [2.05, 4.69) is 23.0 Å². The van der Waals surface area contributed by atoms with E-state index >= 15 is 0 Å². The average molecular weight is 373 g/mol. The van der Waals surface area contributed by atoms with Gasteiger partial charge in [0, 0.05) is 19.1 Å². The van der Waals surface area contributed by atoms with Gasteiger partial charge in [-0.3, -0.25) is 4.79 Å². The Bertz CT molecular complexity index is 1050. The third-order valence-electron chi connectivity index (χ3n) is 4.61. The first-order chi connectivity index (χ1) is 13.7. The van der Waals surface area contributed by atoms with E-state index in [9.17, 15) is 10.1 Å². The van der Waals surface area contributed by atoms with Crippen LogP contribution in [0.2, 0.25) is 0 Å². The molecule has 0 bridgehead atoms. The fourth-order valence-electron chi connectivity index (χ4n) is 3.27. The van der Waals surface area contributed by atoms with Crippen LogP contribution < -0.4 is 5.56 Å². The smallest absolute Gasteiger partial charge is 0.254 e. The summed E-state index contributed by atoms with van der Waals surface area (Å²) in [6.07, 6.45) is 2.19. The third-order valence-corrected chi connectivity index (χ3v) is 4.61. The zero-order valence-corrected chi connectivity index (χ0v) is 16.2. The standard InChI is InChI=1S/C23H23N3O2/c1-3-6-21-20(23(27)26-22(25-21)15-28-2)13-16-9-11-17(12-10-16)19-8-5-4-7-18(19)14-24/h4-5,7-12H,3,6,13,15H2,1-2H3,(H,25,26,27). The summed E-state index contributed by atoms with van der Waals surface area (Å²) < 4.78 is 5.09. The van der Waals surface area contributed by atoms with Gasteiger partial charge in [-0.25, -0.2) is 4.98 Å². The number of nitriles is 1. The molecule has 28 heavy (non-hydrogen) atoms. The predicted molar refractivity (Wildman–Crippen MR) is 109 cm³/mol. The number of ether oxygens (including phenoxy) is 1. The van der Waals surface area contributed by atoms with Gasteiger partial charge in [0.1, 0.15) is 12.4 Å². The maximum Gasteiger partial charge on any atom is 0.254 e. The molecule has 0 atom stereocenters. The summed E-state index contributed by atoms with van der Waals surface area (Å²) in [6.45, 7) is 2.36. The number of aromatic amines is 1. The summed E-state index contributed by atoms with van der Waals surface area (Å²) in [5, 5.41) is 9.30. The Morgan fingerprint density at radius 2 is 1.89 bits per heavy atom. The molecular weight excluding hydrogens is 350 g/mol. The molecule has 1 aromatic heterocycles. The first kappa shape index (κ1) is 19.5. The average Bonchev–Trinajstić information content (AvgIpc) is 2.71. The van der Waals surface area contributed by atoms with Crippen molar-refractivity contribution in [3.8, 4) is 17.2 Å². The fraction of sp³-hybridized carbons (Fsp3) is 0.261. The molecule has 0 aliphatic heterocycles. The van der Waals surface area contributed by atoms with E-state index in [4.69, 9.17) is 4.74 Å². The Morgan fingerprint density at radius 3 is 2.57 bits per heavy atom. The molecule has 3 aromatic rings. The summed E-state index contributed by atoms with van der Waals surface area (Å²) in [5.41, 5.74) is 4.99. The molecule has 0 aliphatic rings. The van der Waals surface area contributed by atoms with Crippen molar-refractivity contribution in [2.45, 2.75) is 32.8 Å². The first-order valence-corrected chi connectivity index (χ1v) is 9.34. The second-order valence-electron chi connectivity index (χ2n) is 6.65. The van der Waals surface area contributed by atoms with Crippen molar-refractivity contribution in [2.75, 3.05) is 7.11 Å². The number of nitrogens with zero attached hydrogens (tertiary/aromatic N) is 2. The van der Waals surface area contributed by atoms with E-state index < -0.39 is 0 Å². The monoisotopic (exact) mass is 373 g/mol. The molecule has 0 spiro atoms. The van der Waals surface area contributed by atoms with Gasteiger partial charge >= 0.3 is 0 Å². The number of nitrogens with one attached hydrogen (secondary N) is 1. The minimum absolute atomic E-state index is 0.107. The molecule has 0 fully saturated rings. The molecule has 5 nitrogen and oxygen atoms in total. The van der Waals surface area contributed by atoms with E-state index in [1.807, 2.05) is 48.5 Å². The van der Waals surface area contributed by atoms with E-state index in [0.29, 0.717) is 30.0 Å². The van der Waals surface area contributed by atoms with Crippen molar-refractivity contribution < 1.29 is 4.74 Å².